The fourth-order valence-electron chi connectivity index (χ4n) is 1.76. The van der Waals surface area contributed by atoms with Gasteiger partial charge in [0.05, 0.1) is 16.4 Å². The van der Waals surface area contributed by atoms with Crippen molar-refractivity contribution in [1.82, 2.24) is 10.2 Å². The van der Waals surface area contributed by atoms with Crippen LogP contribution in [0, 0.1) is 19.7 Å². The first-order chi connectivity index (χ1) is 8.97. The molecule has 2 aromatic rings. The second kappa shape index (κ2) is 5.45. The molecule has 0 N–H and O–H groups in total. The topological polar surface area (TPSA) is 42.9 Å². The van der Waals surface area contributed by atoms with Gasteiger partial charge in [0.2, 0.25) is 0 Å². The van der Waals surface area contributed by atoms with E-state index in [0.717, 1.165) is 0 Å². The van der Waals surface area contributed by atoms with Crippen molar-refractivity contribution in [3.8, 4) is 0 Å². The van der Waals surface area contributed by atoms with Crippen LogP contribution in [0.4, 0.5) is 4.39 Å². The fourth-order valence-corrected chi connectivity index (χ4v) is 1.88. The zero-order chi connectivity index (χ0) is 14.0. The van der Waals surface area contributed by atoms with Gasteiger partial charge >= 0.3 is 0 Å². The van der Waals surface area contributed by atoms with Crippen molar-refractivity contribution in [2.45, 2.75) is 20.3 Å². The molecule has 0 amide bonds. The number of aromatic nitrogens is 2. The van der Waals surface area contributed by atoms with Gasteiger partial charge in [-0.25, -0.2) is 4.39 Å². The highest BCUT2D eigenvalue weighted by atomic mass is 35.5. The predicted octanol–water partition coefficient (Wildman–Crippen LogP) is 3.31. The molecular weight excluding hydrogens is 267 g/mol. The highest BCUT2D eigenvalue weighted by Crippen LogP contribution is 2.17. The standard InChI is InChI=1S/C14H12ClFN2O/c1-8-5-11(9(2)18-17-8)14(19)7-10-3-4-12(15)13(16)6-10/h3-6H,7H2,1-2H3. The first-order valence-electron chi connectivity index (χ1n) is 5.75. The molecule has 3 nitrogen and oxygen atoms in total. The Morgan fingerprint density at radius 3 is 2.68 bits per heavy atom. The van der Waals surface area contributed by atoms with E-state index in [9.17, 15) is 9.18 Å². The van der Waals surface area contributed by atoms with Crippen LogP contribution in [0.3, 0.4) is 0 Å². The van der Waals surface area contributed by atoms with E-state index in [1.165, 1.54) is 12.1 Å². The summed E-state index contributed by atoms with van der Waals surface area (Å²) in [4.78, 5) is 12.2. The summed E-state index contributed by atoms with van der Waals surface area (Å²) in [6, 6.07) is 6.05. The van der Waals surface area contributed by atoms with Gasteiger partial charge in [0.15, 0.2) is 5.78 Å². The van der Waals surface area contributed by atoms with Crippen molar-refractivity contribution in [1.29, 1.82) is 0 Å². The molecule has 1 heterocycles. The molecule has 0 radical (unpaired) electrons. The highest BCUT2D eigenvalue weighted by molar-refractivity contribution is 6.30. The zero-order valence-electron chi connectivity index (χ0n) is 10.6. The van der Waals surface area contributed by atoms with Crippen LogP contribution in [-0.4, -0.2) is 16.0 Å². The summed E-state index contributed by atoms with van der Waals surface area (Å²) >= 11 is 5.60. The molecule has 0 fully saturated rings. The minimum atomic E-state index is -0.521. The lowest BCUT2D eigenvalue weighted by Crippen LogP contribution is -2.08. The van der Waals surface area contributed by atoms with Gasteiger partial charge in [-0.15, -0.1) is 0 Å². The number of rotatable bonds is 3. The lowest BCUT2D eigenvalue weighted by molar-refractivity contribution is 0.0991. The molecule has 98 valence electrons. The summed E-state index contributed by atoms with van der Waals surface area (Å²) in [5.74, 6) is -0.634. The Kier molecular flexibility index (Phi) is 3.90. The van der Waals surface area contributed by atoms with E-state index in [1.807, 2.05) is 0 Å². The largest absolute Gasteiger partial charge is 0.294 e. The minimum Gasteiger partial charge on any atom is -0.294 e. The third kappa shape index (κ3) is 3.15. The molecular formula is C14H12ClFN2O. The second-order valence-corrected chi connectivity index (χ2v) is 4.74. The Hall–Kier alpha value is -1.81. The minimum absolute atomic E-state index is 0.0498. The summed E-state index contributed by atoms with van der Waals surface area (Å²) in [5.41, 5.74) is 2.35. The highest BCUT2D eigenvalue weighted by Gasteiger charge is 2.13. The Morgan fingerprint density at radius 2 is 2.00 bits per heavy atom. The Morgan fingerprint density at radius 1 is 1.26 bits per heavy atom. The van der Waals surface area contributed by atoms with Gasteiger partial charge < -0.3 is 0 Å². The van der Waals surface area contributed by atoms with Gasteiger partial charge in [-0.3, -0.25) is 4.79 Å². The van der Waals surface area contributed by atoms with Gasteiger partial charge in [0.25, 0.3) is 0 Å². The van der Waals surface area contributed by atoms with Crippen LogP contribution < -0.4 is 0 Å². The van der Waals surface area contributed by atoms with Crippen LogP contribution >= 0.6 is 11.6 Å². The number of hydrogen-bond donors (Lipinski definition) is 0. The quantitative estimate of drug-likeness (QED) is 0.809. The smallest absolute Gasteiger partial charge is 0.169 e. The van der Waals surface area contributed by atoms with E-state index in [2.05, 4.69) is 10.2 Å². The van der Waals surface area contributed by atoms with Gasteiger partial charge in [0.1, 0.15) is 5.82 Å². The van der Waals surface area contributed by atoms with E-state index in [0.29, 0.717) is 22.5 Å². The zero-order valence-corrected chi connectivity index (χ0v) is 11.3. The summed E-state index contributed by atoms with van der Waals surface area (Å²) in [6.45, 7) is 3.49. The molecule has 0 aliphatic carbocycles. The van der Waals surface area contributed by atoms with Crippen LogP contribution in [0.5, 0.6) is 0 Å². The molecule has 0 unspecified atom stereocenters. The second-order valence-electron chi connectivity index (χ2n) is 4.33. The van der Waals surface area contributed by atoms with Gasteiger partial charge in [-0.2, -0.15) is 10.2 Å². The van der Waals surface area contributed by atoms with Gasteiger partial charge in [-0.05, 0) is 37.6 Å². The number of halogens is 2. The fraction of sp³-hybridized carbons (Fsp3) is 0.214. The normalized spacial score (nSPS) is 10.5. The van der Waals surface area contributed by atoms with Crippen molar-refractivity contribution < 1.29 is 9.18 Å². The molecule has 0 bridgehead atoms. The number of aryl methyl sites for hydroxylation is 2. The third-order valence-electron chi connectivity index (χ3n) is 2.75. The lowest BCUT2D eigenvalue weighted by Gasteiger charge is -2.05. The van der Waals surface area contributed by atoms with Gasteiger partial charge in [0, 0.05) is 12.0 Å². The molecule has 0 spiro atoms. The Labute approximate surface area is 115 Å². The van der Waals surface area contributed by atoms with E-state index < -0.39 is 5.82 Å². The molecule has 1 aromatic heterocycles. The maximum atomic E-state index is 13.3. The number of nitrogens with zero attached hydrogens (tertiary/aromatic N) is 2. The monoisotopic (exact) mass is 278 g/mol. The van der Waals surface area contributed by atoms with Crippen LogP contribution in [0.2, 0.25) is 5.02 Å². The number of hydrogen-bond acceptors (Lipinski definition) is 3. The first kappa shape index (κ1) is 13.6. The van der Waals surface area contributed by atoms with Crippen molar-refractivity contribution in [2.24, 2.45) is 0 Å². The summed E-state index contributed by atoms with van der Waals surface area (Å²) < 4.78 is 13.3. The predicted molar refractivity (Wildman–Crippen MR) is 71.0 cm³/mol. The summed E-state index contributed by atoms with van der Waals surface area (Å²) in [7, 11) is 0. The number of ketones is 1. The molecule has 0 saturated carbocycles. The maximum Gasteiger partial charge on any atom is 0.169 e. The average Bonchev–Trinajstić information content (AvgIpc) is 2.36. The molecule has 0 atom stereocenters. The van der Waals surface area contributed by atoms with E-state index in [-0.39, 0.29) is 17.2 Å². The average molecular weight is 279 g/mol. The van der Waals surface area contributed by atoms with Crippen molar-refractivity contribution in [3.63, 3.8) is 0 Å². The first-order valence-corrected chi connectivity index (χ1v) is 6.13. The molecule has 0 saturated heterocycles. The molecule has 0 aliphatic heterocycles. The summed E-state index contributed by atoms with van der Waals surface area (Å²) in [6.07, 6.45) is 0.111. The van der Waals surface area contributed by atoms with Crippen molar-refractivity contribution >= 4 is 17.4 Å². The lowest BCUT2D eigenvalue weighted by atomic mass is 10.0. The Balaban J connectivity index is 2.25. The van der Waals surface area contributed by atoms with Crippen molar-refractivity contribution in [3.05, 3.63) is 57.6 Å². The van der Waals surface area contributed by atoms with Crippen molar-refractivity contribution in [2.75, 3.05) is 0 Å². The number of carbonyl (C=O) groups excluding carboxylic acids is 1. The molecule has 0 aliphatic rings. The van der Waals surface area contributed by atoms with Crippen LogP contribution in [0.1, 0.15) is 27.3 Å². The van der Waals surface area contributed by atoms with Crippen LogP contribution in [0.25, 0.3) is 0 Å². The molecule has 2 rings (SSSR count). The molecule has 19 heavy (non-hydrogen) atoms. The summed E-state index contributed by atoms with van der Waals surface area (Å²) in [5, 5.41) is 7.83. The third-order valence-corrected chi connectivity index (χ3v) is 3.06. The Bertz CT molecular complexity index is 643. The van der Waals surface area contributed by atoms with Gasteiger partial charge in [-0.1, -0.05) is 17.7 Å². The molecule has 5 heteroatoms. The van der Waals surface area contributed by atoms with Crippen LogP contribution in [0.15, 0.2) is 24.3 Å². The molecule has 1 aromatic carbocycles. The SMILES string of the molecule is Cc1cc(C(=O)Cc2ccc(Cl)c(F)c2)c(C)nn1. The van der Waals surface area contributed by atoms with Crippen LogP contribution in [-0.2, 0) is 6.42 Å². The van der Waals surface area contributed by atoms with E-state index in [1.54, 1.807) is 26.0 Å². The number of Topliss-reactive ketones (excluding diaryl/α,β-unsaturated/α-hetero) is 1. The maximum absolute atomic E-state index is 13.3. The number of carbonyl (C=O) groups is 1. The van der Waals surface area contributed by atoms with E-state index >= 15 is 0 Å². The number of benzene rings is 1. The van der Waals surface area contributed by atoms with E-state index in [4.69, 9.17) is 11.6 Å².